The minimum Gasteiger partial charge on any atom is -0.390 e. The molecule has 2 saturated heterocycles. The van der Waals surface area contributed by atoms with Crippen molar-refractivity contribution in [3.05, 3.63) is 24.7 Å². The number of ether oxygens (including phenoxy) is 3. The van der Waals surface area contributed by atoms with Gasteiger partial charge in [-0.3, -0.25) is 18.6 Å². The predicted octanol–water partition coefficient (Wildman–Crippen LogP) is -3.05. The number of hydrogen-bond acceptors (Lipinski definition) is 15. The maximum absolute atomic E-state index is 12.5. The molecule has 0 aromatic rings. The summed E-state index contributed by atoms with van der Waals surface area (Å²) < 4.78 is 54.1. The zero-order chi connectivity index (χ0) is 30.7. The Morgan fingerprint density at radius 1 is 1.12 bits per heavy atom. The number of hydrogen-bond donors (Lipinski definition) is 8. The van der Waals surface area contributed by atoms with Gasteiger partial charge in [0, 0.05) is 31.8 Å². The third kappa shape index (κ3) is 8.40. The number of methoxy groups -OCH3 is 1. The summed E-state index contributed by atoms with van der Waals surface area (Å²) in [6, 6.07) is 0. The van der Waals surface area contributed by atoms with Crippen molar-refractivity contribution in [2.75, 3.05) is 26.9 Å². The summed E-state index contributed by atoms with van der Waals surface area (Å²) in [5.74, 6) is -2.61. The minimum absolute atomic E-state index is 0.0105. The number of amides is 2. The first-order chi connectivity index (χ1) is 19.1. The van der Waals surface area contributed by atoms with Gasteiger partial charge < -0.3 is 60.0 Å². The van der Waals surface area contributed by atoms with Gasteiger partial charge in [-0.2, -0.15) is 4.31 Å². The summed E-state index contributed by atoms with van der Waals surface area (Å²) in [5, 5.41) is 45.8. The molecule has 0 radical (unpaired) electrons. The Bertz CT molecular complexity index is 1110. The lowest BCUT2D eigenvalue weighted by Crippen LogP contribution is -2.59. The van der Waals surface area contributed by atoms with Crippen molar-refractivity contribution < 1.29 is 76.5 Å². The summed E-state index contributed by atoms with van der Waals surface area (Å²) in [6.07, 6.45) is -10.7. The van der Waals surface area contributed by atoms with E-state index in [0.717, 1.165) is 6.08 Å². The highest BCUT2D eigenvalue weighted by atomic mass is 31.3. The van der Waals surface area contributed by atoms with Crippen LogP contribution in [0.2, 0.25) is 0 Å². The third-order valence-corrected chi connectivity index (χ3v) is 8.80. The van der Waals surface area contributed by atoms with E-state index in [0.29, 0.717) is 0 Å². The Morgan fingerprint density at radius 2 is 1.80 bits per heavy atom. The van der Waals surface area contributed by atoms with E-state index in [1.165, 1.54) is 25.1 Å². The van der Waals surface area contributed by atoms with Crippen molar-refractivity contribution in [3.63, 3.8) is 0 Å². The number of carbonyl (C=O) groups excluding carboxylic acids is 2. The molecule has 0 bridgehead atoms. The molecule has 8 N–H and O–H groups in total. The second kappa shape index (κ2) is 13.7. The molecule has 0 aliphatic carbocycles. The fraction of sp³-hybridized carbons (Fsp3) is 0.700. The van der Waals surface area contributed by atoms with Gasteiger partial charge in [-0.15, -0.1) is 0 Å². The van der Waals surface area contributed by atoms with Gasteiger partial charge in [0.25, 0.3) is 11.8 Å². The van der Waals surface area contributed by atoms with Crippen LogP contribution in [-0.4, -0.2) is 123 Å². The van der Waals surface area contributed by atoms with Crippen LogP contribution in [0.3, 0.4) is 0 Å². The molecule has 41 heavy (non-hydrogen) atoms. The van der Waals surface area contributed by atoms with E-state index >= 15 is 0 Å². The number of nitrogens with one attached hydrogen (secondary N) is 2. The first-order valence-corrected chi connectivity index (χ1v) is 15.0. The Kier molecular flexibility index (Phi) is 11.2. The van der Waals surface area contributed by atoms with Gasteiger partial charge in [-0.1, -0.05) is 13.5 Å². The smallest absolute Gasteiger partial charge is 0.390 e. The summed E-state index contributed by atoms with van der Waals surface area (Å²) >= 11 is 0. The molecule has 3 rings (SSSR count). The second-order valence-corrected chi connectivity index (χ2v) is 12.2. The van der Waals surface area contributed by atoms with E-state index < -0.39 is 89.1 Å². The predicted molar refractivity (Wildman–Crippen MR) is 131 cm³/mol. The van der Waals surface area contributed by atoms with Crippen molar-refractivity contribution in [3.8, 4) is 0 Å². The zero-order valence-electron chi connectivity index (χ0n) is 21.8. The highest BCUT2D eigenvalue weighted by molar-refractivity contribution is 7.61. The first-order valence-electron chi connectivity index (χ1n) is 12.0. The molecule has 0 saturated carbocycles. The van der Waals surface area contributed by atoms with Crippen molar-refractivity contribution in [2.24, 2.45) is 5.92 Å². The quantitative estimate of drug-likeness (QED) is 0.0783. The fourth-order valence-corrected chi connectivity index (χ4v) is 6.23. The molecule has 21 heteroatoms. The maximum Gasteiger partial charge on any atom is 0.483 e. The van der Waals surface area contributed by atoms with Crippen LogP contribution >= 0.6 is 15.6 Å². The Morgan fingerprint density at radius 3 is 2.44 bits per heavy atom. The summed E-state index contributed by atoms with van der Waals surface area (Å²) in [5.41, 5.74) is 0. The summed E-state index contributed by atoms with van der Waals surface area (Å²) in [7, 11) is -9.56. The van der Waals surface area contributed by atoms with E-state index in [-0.39, 0.29) is 19.0 Å². The average Bonchev–Trinajstić information content (AvgIpc) is 3.15. The number of rotatable bonds is 12. The maximum atomic E-state index is 12.5. The molecular formula is C20H33N3O16P2. The van der Waals surface area contributed by atoms with E-state index in [1.54, 1.807) is 0 Å². The normalized spacial score (nSPS) is 36.9. The molecule has 0 spiro atoms. The third-order valence-electron chi connectivity index (χ3n) is 6.20. The summed E-state index contributed by atoms with van der Waals surface area (Å²) in [4.78, 5) is 45.0. The summed E-state index contributed by atoms with van der Waals surface area (Å²) in [6.45, 7) is 4.03. The lowest BCUT2D eigenvalue weighted by molar-refractivity contribution is -0.249. The molecular weight excluding hydrogens is 600 g/mol. The number of phosphoric ester groups is 2. The number of nitrogens with zero attached hydrogens (tertiary/aromatic N) is 1. The van der Waals surface area contributed by atoms with E-state index in [4.69, 9.17) is 18.7 Å². The Hall–Kier alpha value is -1.80. The molecule has 3 aliphatic heterocycles. The van der Waals surface area contributed by atoms with Crippen LogP contribution in [-0.2, 0) is 46.3 Å². The van der Waals surface area contributed by atoms with Crippen LogP contribution in [0.5, 0.6) is 0 Å². The van der Waals surface area contributed by atoms with Crippen molar-refractivity contribution >= 4 is 27.5 Å². The molecule has 2 amide bonds. The van der Waals surface area contributed by atoms with Crippen LogP contribution in [0, 0.1) is 5.92 Å². The van der Waals surface area contributed by atoms with Gasteiger partial charge in [0.05, 0.1) is 19.3 Å². The zero-order valence-corrected chi connectivity index (χ0v) is 23.6. The van der Waals surface area contributed by atoms with Crippen LogP contribution in [0.1, 0.15) is 6.92 Å². The standard InChI is InChI=1S/C20H33N3O16P2/c1-9-13(25)15(27)17(18(29)21-5-7-34-3)37-20(9)38-41(32,33)39-40(30,31)35-8-11-14(26)16(28)19(36-11)23-6-4-12(24)22-10(23)2/h4,6,9,11,13-17,19-20,25-28H,2,5,7-8H2,1,3H3,(H,21,29)(H,22,24)(H,30,31)(H,32,33)/t9?,11-,13-,14+,15-,16?,17?,19-,20+/m1/s1. The van der Waals surface area contributed by atoms with E-state index in [1.807, 2.05) is 0 Å². The highest BCUT2D eigenvalue weighted by Gasteiger charge is 2.50. The molecule has 0 aromatic heterocycles. The number of aliphatic hydroxyl groups is 4. The highest BCUT2D eigenvalue weighted by Crippen LogP contribution is 2.61. The SMILES string of the molecule is C=C1NC(=O)C=CN1[C@@H]1O[C@H](COP(=O)(O)OP(=O)(O)O[C@@H]2OC(C(=O)NCCOC)[C@H](O)[C@H](O)C2C)[C@H](O)C1O. The molecule has 2 fully saturated rings. The van der Waals surface area contributed by atoms with Gasteiger partial charge in [0.15, 0.2) is 18.6 Å². The molecule has 11 atom stereocenters. The van der Waals surface area contributed by atoms with Crippen molar-refractivity contribution in [1.29, 1.82) is 0 Å². The first kappa shape index (κ1) is 33.7. The Labute approximate surface area is 233 Å². The average molecular weight is 633 g/mol. The van der Waals surface area contributed by atoms with Gasteiger partial charge in [-0.05, 0) is 0 Å². The Balaban J connectivity index is 1.59. The van der Waals surface area contributed by atoms with Gasteiger partial charge in [0.2, 0.25) is 0 Å². The van der Waals surface area contributed by atoms with Crippen LogP contribution in [0.25, 0.3) is 0 Å². The molecule has 5 unspecified atom stereocenters. The number of carbonyl (C=O) groups is 2. The number of phosphoric acid groups is 2. The molecule has 19 nitrogen and oxygen atoms in total. The van der Waals surface area contributed by atoms with Crippen LogP contribution in [0.4, 0.5) is 0 Å². The van der Waals surface area contributed by atoms with Crippen LogP contribution in [0.15, 0.2) is 24.7 Å². The van der Waals surface area contributed by atoms with E-state index in [9.17, 15) is 48.9 Å². The lowest BCUT2D eigenvalue weighted by atomic mass is 9.92. The van der Waals surface area contributed by atoms with Gasteiger partial charge in [0.1, 0.15) is 30.2 Å². The second-order valence-electron chi connectivity index (χ2n) is 9.17. The minimum atomic E-state index is -5.52. The van der Waals surface area contributed by atoms with Gasteiger partial charge >= 0.3 is 15.6 Å². The largest absolute Gasteiger partial charge is 0.483 e. The molecule has 0 aromatic carbocycles. The monoisotopic (exact) mass is 633 g/mol. The van der Waals surface area contributed by atoms with E-state index in [2.05, 4.69) is 26.0 Å². The lowest BCUT2D eigenvalue weighted by Gasteiger charge is -2.40. The topological polar surface area (TPSA) is 272 Å². The molecule has 3 aliphatic rings. The van der Waals surface area contributed by atoms with Crippen molar-refractivity contribution in [1.82, 2.24) is 15.5 Å². The number of aliphatic hydroxyl groups excluding tert-OH is 4. The molecule has 234 valence electrons. The molecule has 3 heterocycles. The van der Waals surface area contributed by atoms with Crippen LogP contribution < -0.4 is 10.6 Å². The van der Waals surface area contributed by atoms with Crippen molar-refractivity contribution in [2.45, 2.75) is 56.1 Å². The fourth-order valence-electron chi connectivity index (χ4n) is 4.01. The van der Waals surface area contributed by atoms with Gasteiger partial charge in [-0.25, -0.2) is 9.13 Å².